The van der Waals surface area contributed by atoms with E-state index in [0.717, 1.165) is 18.6 Å². The quantitative estimate of drug-likeness (QED) is 0.521. The molecule has 0 aromatic rings. The minimum absolute atomic E-state index is 0.839. The Hall–Kier alpha value is -0.915. The molecule has 0 N–H and O–H groups in total. The third-order valence-electron chi connectivity index (χ3n) is 1.56. The van der Waals surface area contributed by atoms with Crippen LogP contribution in [0.5, 0.6) is 0 Å². The van der Waals surface area contributed by atoms with Gasteiger partial charge in [-0.2, -0.15) is 0 Å². The monoisotopic (exact) mass is 132 g/mol. The number of rotatable bonds is 2. The molecule has 2 heteroatoms. The van der Waals surface area contributed by atoms with Crippen molar-refractivity contribution >= 4 is 8.05 Å². The van der Waals surface area contributed by atoms with Crippen LogP contribution < -0.4 is 0 Å². The van der Waals surface area contributed by atoms with E-state index < -0.39 is 0 Å². The van der Waals surface area contributed by atoms with E-state index in [2.05, 4.69) is 11.2 Å². The first-order chi connectivity index (χ1) is 4.86. The lowest BCUT2D eigenvalue weighted by Gasteiger charge is -2.10. The van der Waals surface area contributed by atoms with E-state index in [1.54, 1.807) is 0 Å². The molecule has 0 aromatic carbocycles. The third-order valence-corrected chi connectivity index (χ3v) is 1.56. The van der Waals surface area contributed by atoms with Gasteiger partial charge in [0.15, 0.2) is 0 Å². The maximum atomic E-state index is 4.97. The number of hydrogen-bond acceptors (Lipinski definition) is 1. The Morgan fingerprint density at radius 2 is 2.30 bits per heavy atom. The van der Waals surface area contributed by atoms with Crippen LogP contribution >= 0.6 is 0 Å². The van der Waals surface area contributed by atoms with Gasteiger partial charge >= 0.3 is 8.05 Å². The van der Waals surface area contributed by atoms with Gasteiger partial charge in [-0.25, -0.2) is 0 Å². The molecule has 0 spiro atoms. The summed E-state index contributed by atoms with van der Waals surface area (Å²) in [5.74, 6) is 0.839. The van der Waals surface area contributed by atoms with Crippen molar-refractivity contribution in [2.75, 3.05) is 0 Å². The highest BCUT2D eigenvalue weighted by molar-refractivity contribution is 5.98. The van der Waals surface area contributed by atoms with Crippen LogP contribution in [0.25, 0.3) is 0 Å². The van der Waals surface area contributed by atoms with Gasteiger partial charge < -0.3 is 4.65 Å². The van der Waals surface area contributed by atoms with Crippen LogP contribution in [-0.4, -0.2) is 8.05 Å². The highest BCUT2D eigenvalue weighted by Crippen LogP contribution is 2.18. The first-order valence-electron chi connectivity index (χ1n) is 3.25. The van der Waals surface area contributed by atoms with Gasteiger partial charge in [-0.15, -0.1) is 0 Å². The van der Waals surface area contributed by atoms with E-state index in [0.29, 0.717) is 0 Å². The van der Waals surface area contributed by atoms with Gasteiger partial charge in [0, 0.05) is 6.42 Å². The smallest absolute Gasteiger partial charge is 0.373 e. The molecule has 0 fully saturated rings. The zero-order valence-corrected chi connectivity index (χ0v) is 5.84. The normalized spacial score (nSPS) is 17.2. The summed E-state index contributed by atoms with van der Waals surface area (Å²) in [6.07, 6.45) is 7.56. The average molecular weight is 132 g/mol. The van der Waals surface area contributed by atoms with Crippen molar-refractivity contribution in [3.8, 4) is 0 Å². The Bertz CT molecular complexity index is 191. The largest absolute Gasteiger partial charge is 0.571 e. The molecule has 0 saturated heterocycles. The summed E-state index contributed by atoms with van der Waals surface area (Å²) in [5.41, 5.74) is 1.24. The van der Waals surface area contributed by atoms with E-state index in [1.807, 2.05) is 18.2 Å². The molecule has 1 rings (SSSR count). The molecule has 0 amide bonds. The van der Waals surface area contributed by atoms with Crippen LogP contribution in [0.15, 0.2) is 36.1 Å². The standard InChI is InChI=1S/C8H9BO/c1-2-7-3-5-8(10-9)6-4-7/h2-3,5H,1,4,6H2. The summed E-state index contributed by atoms with van der Waals surface area (Å²) < 4.78 is 4.57. The molecule has 0 saturated carbocycles. The third kappa shape index (κ3) is 1.53. The lowest BCUT2D eigenvalue weighted by Crippen LogP contribution is -1.93. The molecule has 0 atom stereocenters. The highest BCUT2D eigenvalue weighted by atomic mass is 16.4. The molecule has 0 aromatic heterocycles. The van der Waals surface area contributed by atoms with Crippen molar-refractivity contribution in [3.63, 3.8) is 0 Å². The summed E-state index contributed by atoms with van der Waals surface area (Å²) in [6, 6.07) is 0. The summed E-state index contributed by atoms with van der Waals surface area (Å²) in [5, 5.41) is 0. The van der Waals surface area contributed by atoms with Gasteiger partial charge in [0.05, 0.1) is 5.76 Å². The molecule has 2 radical (unpaired) electrons. The lowest BCUT2D eigenvalue weighted by atomic mass is 10.0. The molecule has 1 aliphatic carbocycles. The summed E-state index contributed by atoms with van der Waals surface area (Å²) >= 11 is 0. The maximum absolute atomic E-state index is 4.97. The minimum atomic E-state index is 0.839. The Balaban J connectivity index is 2.64. The Morgan fingerprint density at radius 1 is 1.50 bits per heavy atom. The average Bonchev–Trinajstić information content (AvgIpc) is 2.05. The zero-order valence-electron chi connectivity index (χ0n) is 5.84. The minimum Gasteiger partial charge on any atom is -0.571 e. The Labute approximate surface area is 62.5 Å². The fourth-order valence-electron chi connectivity index (χ4n) is 0.903. The zero-order chi connectivity index (χ0) is 7.40. The topological polar surface area (TPSA) is 9.23 Å². The lowest BCUT2D eigenvalue weighted by molar-refractivity contribution is 0.440. The molecule has 1 nitrogen and oxygen atoms in total. The molecule has 0 bridgehead atoms. The second-order valence-electron chi connectivity index (χ2n) is 2.20. The fourth-order valence-corrected chi connectivity index (χ4v) is 0.903. The van der Waals surface area contributed by atoms with Crippen LogP contribution in [0.3, 0.4) is 0 Å². The molecule has 1 aliphatic rings. The summed E-state index contributed by atoms with van der Waals surface area (Å²) in [6.45, 7) is 3.67. The van der Waals surface area contributed by atoms with E-state index in [4.69, 9.17) is 8.05 Å². The number of allylic oxidation sites excluding steroid dienone is 5. The van der Waals surface area contributed by atoms with Crippen LogP contribution in [0.1, 0.15) is 12.8 Å². The molecule has 0 heterocycles. The van der Waals surface area contributed by atoms with Gasteiger partial charge in [-0.3, -0.25) is 0 Å². The van der Waals surface area contributed by atoms with Crippen molar-refractivity contribution in [1.29, 1.82) is 0 Å². The first-order valence-corrected chi connectivity index (χ1v) is 3.25. The fraction of sp³-hybridized carbons (Fsp3) is 0.250. The Kier molecular flexibility index (Phi) is 2.38. The van der Waals surface area contributed by atoms with Crippen molar-refractivity contribution in [2.24, 2.45) is 0 Å². The van der Waals surface area contributed by atoms with E-state index in [9.17, 15) is 0 Å². The summed E-state index contributed by atoms with van der Waals surface area (Å²) in [7, 11) is 4.97. The van der Waals surface area contributed by atoms with Crippen LogP contribution in [0.2, 0.25) is 0 Å². The maximum Gasteiger partial charge on any atom is 0.373 e. The second kappa shape index (κ2) is 3.30. The van der Waals surface area contributed by atoms with E-state index in [1.165, 1.54) is 5.57 Å². The van der Waals surface area contributed by atoms with Gasteiger partial charge in [0.1, 0.15) is 0 Å². The van der Waals surface area contributed by atoms with Crippen molar-refractivity contribution < 1.29 is 4.65 Å². The molecular formula is C8H9BO. The van der Waals surface area contributed by atoms with Crippen molar-refractivity contribution in [1.82, 2.24) is 0 Å². The molecule has 0 unspecified atom stereocenters. The second-order valence-corrected chi connectivity index (χ2v) is 2.20. The predicted molar refractivity (Wildman–Crippen MR) is 42.4 cm³/mol. The van der Waals surface area contributed by atoms with E-state index in [-0.39, 0.29) is 0 Å². The van der Waals surface area contributed by atoms with Crippen molar-refractivity contribution in [3.05, 3.63) is 36.1 Å². The molecule has 50 valence electrons. The van der Waals surface area contributed by atoms with Crippen LogP contribution in [0.4, 0.5) is 0 Å². The Morgan fingerprint density at radius 3 is 2.70 bits per heavy atom. The van der Waals surface area contributed by atoms with Crippen molar-refractivity contribution in [2.45, 2.75) is 12.8 Å². The first kappa shape index (κ1) is 7.20. The van der Waals surface area contributed by atoms with Gasteiger partial charge in [0.2, 0.25) is 0 Å². The van der Waals surface area contributed by atoms with Gasteiger partial charge in [-0.05, 0) is 18.1 Å². The predicted octanol–water partition coefficient (Wildman–Crippen LogP) is 1.88. The van der Waals surface area contributed by atoms with Crippen LogP contribution in [0, 0.1) is 0 Å². The summed E-state index contributed by atoms with van der Waals surface area (Å²) in [4.78, 5) is 0. The number of hydrogen-bond donors (Lipinski definition) is 0. The van der Waals surface area contributed by atoms with Gasteiger partial charge in [-0.1, -0.05) is 18.7 Å². The highest BCUT2D eigenvalue weighted by Gasteiger charge is 2.01. The van der Waals surface area contributed by atoms with Crippen LogP contribution in [-0.2, 0) is 4.65 Å². The molecule has 10 heavy (non-hydrogen) atoms. The molecule has 0 aliphatic heterocycles. The van der Waals surface area contributed by atoms with Gasteiger partial charge in [0.25, 0.3) is 0 Å². The van der Waals surface area contributed by atoms with E-state index >= 15 is 0 Å². The molecular weight excluding hydrogens is 123 g/mol. The SMILES string of the molecule is [B]OC1=CC=C(C=C)CC1.